The number of hydrogen-bond acceptors (Lipinski definition) is 3. The second-order valence-electron chi connectivity index (χ2n) is 5.12. The predicted molar refractivity (Wildman–Crippen MR) is 81.6 cm³/mol. The first-order valence-corrected chi connectivity index (χ1v) is 7.38. The van der Waals surface area contributed by atoms with Crippen molar-refractivity contribution in [3.63, 3.8) is 0 Å². The van der Waals surface area contributed by atoms with E-state index in [1.54, 1.807) is 0 Å². The second kappa shape index (κ2) is 8.07. The van der Waals surface area contributed by atoms with Crippen LogP contribution in [-0.4, -0.2) is 18.4 Å². The molecule has 3 nitrogen and oxygen atoms in total. The van der Waals surface area contributed by atoms with Gasteiger partial charge in [-0.3, -0.25) is 4.79 Å². The van der Waals surface area contributed by atoms with E-state index in [0.29, 0.717) is 12.1 Å². The first-order chi connectivity index (χ1) is 12.7. The maximum absolute atomic E-state index is 13.9. The minimum atomic E-state index is -2.26. The molecule has 0 aromatic heterocycles. The molecule has 0 saturated carbocycles. The summed E-state index contributed by atoms with van der Waals surface area (Å²) in [5.41, 5.74) is -2.74. The summed E-state index contributed by atoms with van der Waals surface area (Å²) in [6.45, 7) is 1.14. The van der Waals surface area contributed by atoms with Gasteiger partial charge in [0.2, 0.25) is 5.78 Å². The van der Waals surface area contributed by atoms with Gasteiger partial charge in [-0.1, -0.05) is 0 Å². The quantitative estimate of drug-likeness (QED) is 0.112. The molecule has 2 aromatic carbocycles. The average molecular weight is 388 g/mol. The Morgan fingerprint density at radius 1 is 0.926 bits per heavy atom. The van der Waals surface area contributed by atoms with Crippen LogP contribution in [0.3, 0.4) is 0 Å². The molecule has 0 fully saturated rings. The third-order valence-corrected chi connectivity index (χ3v) is 3.35. The van der Waals surface area contributed by atoms with Gasteiger partial charge in [0.15, 0.2) is 23.3 Å². The number of rotatable bonds is 5. The van der Waals surface area contributed by atoms with Gasteiger partial charge in [0.1, 0.15) is 17.2 Å². The molecule has 0 unspecified atom stereocenters. The van der Waals surface area contributed by atoms with Crippen LogP contribution in [0.1, 0.15) is 22.8 Å². The summed E-state index contributed by atoms with van der Waals surface area (Å²) in [5.74, 6) is -13.3. The first-order valence-electron chi connectivity index (χ1n) is 7.38. The molecule has 0 heterocycles. The van der Waals surface area contributed by atoms with Crippen LogP contribution in [0, 0.1) is 34.9 Å². The van der Waals surface area contributed by atoms with Crippen molar-refractivity contribution in [3.05, 3.63) is 75.9 Å². The summed E-state index contributed by atoms with van der Waals surface area (Å²) in [7, 11) is 0. The predicted octanol–water partition coefficient (Wildman–Crippen LogP) is 4.35. The molecule has 0 radical (unpaired) electrons. The van der Waals surface area contributed by atoms with E-state index in [-0.39, 0.29) is 12.7 Å². The molecule has 0 aliphatic heterocycles. The van der Waals surface area contributed by atoms with Crippen molar-refractivity contribution >= 4 is 17.8 Å². The van der Waals surface area contributed by atoms with E-state index in [1.807, 2.05) is 0 Å². The van der Waals surface area contributed by atoms with Crippen molar-refractivity contribution in [1.29, 1.82) is 0 Å². The van der Waals surface area contributed by atoms with Crippen LogP contribution < -0.4 is 0 Å². The summed E-state index contributed by atoms with van der Waals surface area (Å²) in [6.07, 6.45) is 0.605. The number of carbonyl (C=O) groups excluding carboxylic acids is 2. The normalized spacial score (nSPS) is 11.4. The van der Waals surface area contributed by atoms with Gasteiger partial charge in [0.25, 0.3) is 0 Å². The Morgan fingerprint density at radius 2 is 1.59 bits per heavy atom. The lowest BCUT2D eigenvalue weighted by atomic mass is 9.99. The molecule has 0 aliphatic rings. The minimum absolute atomic E-state index is 0.0597. The number of ether oxygens (including phenoxy) is 1. The van der Waals surface area contributed by atoms with Crippen LogP contribution in [0.4, 0.5) is 26.3 Å². The Morgan fingerprint density at radius 3 is 2.19 bits per heavy atom. The second-order valence-corrected chi connectivity index (χ2v) is 5.12. The Hall–Kier alpha value is -3.10. The minimum Gasteiger partial charge on any atom is -0.462 e. The number of halogens is 6. The molecule has 0 spiro atoms. The van der Waals surface area contributed by atoms with Gasteiger partial charge in [-0.2, -0.15) is 0 Å². The highest BCUT2D eigenvalue weighted by Crippen LogP contribution is 2.23. The van der Waals surface area contributed by atoms with Crippen LogP contribution in [0.5, 0.6) is 0 Å². The Kier molecular flexibility index (Phi) is 6.04. The highest BCUT2D eigenvalue weighted by atomic mass is 19.2. The van der Waals surface area contributed by atoms with Gasteiger partial charge >= 0.3 is 5.97 Å². The van der Waals surface area contributed by atoms with Crippen LogP contribution in [0.2, 0.25) is 0 Å². The van der Waals surface area contributed by atoms with Gasteiger partial charge in [-0.25, -0.2) is 31.1 Å². The summed E-state index contributed by atoms with van der Waals surface area (Å²) in [6, 6.07) is 2.21. The third kappa shape index (κ3) is 4.18. The van der Waals surface area contributed by atoms with Crippen molar-refractivity contribution in [2.75, 3.05) is 6.61 Å². The van der Waals surface area contributed by atoms with Gasteiger partial charge in [-0.15, -0.1) is 0 Å². The van der Waals surface area contributed by atoms with Crippen LogP contribution in [0.25, 0.3) is 6.08 Å². The smallest absolute Gasteiger partial charge is 0.342 e. The van der Waals surface area contributed by atoms with Gasteiger partial charge in [0, 0.05) is 11.6 Å². The largest absolute Gasteiger partial charge is 0.462 e. The van der Waals surface area contributed by atoms with Gasteiger partial charge in [-0.05, 0) is 31.2 Å². The fourth-order valence-corrected chi connectivity index (χ4v) is 2.08. The molecular weight excluding hydrogens is 378 g/mol. The fourth-order valence-electron chi connectivity index (χ4n) is 2.08. The van der Waals surface area contributed by atoms with E-state index < -0.39 is 63.4 Å². The Balaban J connectivity index is 2.63. The number of Topliss-reactive ketones (excluding diaryl/α,β-unsaturated/α-hetero) is 1. The number of carbonyl (C=O) groups is 2. The molecule has 2 rings (SSSR count). The van der Waals surface area contributed by atoms with Crippen molar-refractivity contribution in [1.82, 2.24) is 0 Å². The Bertz CT molecular complexity index is 953. The zero-order valence-corrected chi connectivity index (χ0v) is 13.6. The molecule has 27 heavy (non-hydrogen) atoms. The maximum atomic E-state index is 13.9. The van der Waals surface area contributed by atoms with E-state index >= 15 is 0 Å². The zero-order valence-electron chi connectivity index (χ0n) is 13.6. The number of ketones is 1. The molecule has 0 N–H and O–H groups in total. The molecule has 0 aliphatic carbocycles. The lowest BCUT2D eigenvalue weighted by molar-refractivity contribution is -0.137. The highest BCUT2D eigenvalue weighted by molar-refractivity contribution is 6.27. The monoisotopic (exact) mass is 388 g/mol. The van der Waals surface area contributed by atoms with Crippen LogP contribution >= 0.6 is 0 Å². The molecule has 2 aromatic rings. The maximum Gasteiger partial charge on any atom is 0.342 e. The molecular formula is C18H10F6O3. The van der Waals surface area contributed by atoms with E-state index in [1.165, 1.54) is 6.92 Å². The molecule has 142 valence electrons. The van der Waals surface area contributed by atoms with E-state index in [2.05, 4.69) is 4.74 Å². The van der Waals surface area contributed by atoms with Crippen molar-refractivity contribution in [3.8, 4) is 0 Å². The van der Waals surface area contributed by atoms with Crippen LogP contribution in [-0.2, 0) is 9.53 Å². The van der Waals surface area contributed by atoms with E-state index in [4.69, 9.17) is 0 Å². The fraction of sp³-hybridized carbons (Fsp3) is 0.111. The molecule has 9 heteroatoms. The third-order valence-electron chi connectivity index (χ3n) is 3.35. The number of hydrogen-bond donors (Lipinski definition) is 0. The van der Waals surface area contributed by atoms with Gasteiger partial charge < -0.3 is 4.74 Å². The van der Waals surface area contributed by atoms with Crippen molar-refractivity contribution in [2.45, 2.75) is 6.92 Å². The molecule has 0 bridgehead atoms. The topological polar surface area (TPSA) is 43.4 Å². The lowest BCUT2D eigenvalue weighted by Crippen LogP contribution is -2.18. The molecule has 0 saturated heterocycles. The zero-order chi connectivity index (χ0) is 20.3. The SMILES string of the molecule is CCOC(=O)C(=Cc1ccc(F)cc1F)C(=O)c1cc(F)c(F)c(F)c1F. The summed E-state index contributed by atoms with van der Waals surface area (Å²) >= 11 is 0. The Labute approximate surface area is 148 Å². The summed E-state index contributed by atoms with van der Waals surface area (Å²) < 4.78 is 85.0. The van der Waals surface area contributed by atoms with Gasteiger partial charge in [0.05, 0.1) is 12.2 Å². The standard InChI is InChI=1S/C18H10F6O3/c1-2-27-18(26)11(5-8-3-4-9(19)6-12(8)20)17(25)10-7-13(21)15(23)16(24)14(10)22/h3-7H,2H2,1H3. The summed E-state index contributed by atoms with van der Waals surface area (Å²) in [4.78, 5) is 24.4. The van der Waals surface area contributed by atoms with E-state index in [0.717, 1.165) is 12.1 Å². The average Bonchev–Trinajstić information content (AvgIpc) is 2.62. The van der Waals surface area contributed by atoms with E-state index in [9.17, 15) is 35.9 Å². The van der Waals surface area contributed by atoms with Crippen molar-refractivity contribution in [2.24, 2.45) is 0 Å². The van der Waals surface area contributed by atoms with Crippen molar-refractivity contribution < 1.29 is 40.7 Å². The lowest BCUT2D eigenvalue weighted by Gasteiger charge is -2.09. The van der Waals surface area contributed by atoms with Crippen LogP contribution in [0.15, 0.2) is 29.8 Å². The highest BCUT2D eigenvalue weighted by Gasteiger charge is 2.29. The first kappa shape index (κ1) is 20.2. The molecule has 0 amide bonds. The number of benzene rings is 2. The molecule has 0 atom stereocenters. The number of esters is 1. The summed E-state index contributed by atoms with van der Waals surface area (Å²) in [5, 5.41) is 0.